The fourth-order valence-corrected chi connectivity index (χ4v) is 1.22. The fourth-order valence-electron chi connectivity index (χ4n) is 1.22. The van der Waals surface area contributed by atoms with Crippen LogP contribution in [-0.4, -0.2) is 29.3 Å². The number of nitrogens with one attached hydrogen (secondary N) is 1. The van der Waals surface area contributed by atoms with E-state index in [-0.39, 0.29) is 0 Å². The molecule has 72 valence electrons. The number of hydrogen-bond donors (Lipinski definition) is 1. The van der Waals surface area contributed by atoms with E-state index in [4.69, 9.17) is 0 Å². The van der Waals surface area contributed by atoms with Crippen molar-refractivity contribution in [3.63, 3.8) is 0 Å². The van der Waals surface area contributed by atoms with Crippen LogP contribution in [0.4, 0.5) is 5.82 Å². The molecule has 0 aliphatic carbocycles. The van der Waals surface area contributed by atoms with Crippen molar-refractivity contribution in [3.8, 4) is 11.3 Å². The van der Waals surface area contributed by atoms with Gasteiger partial charge in [0.25, 0.3) is 0 Å². The molecule has 0 atom stereocenters. The van der Waals surface area contributed by atoms with Gasteiger partial charge in [0.05, 0.1) is 5.69 Å². The number of rotatable bonds is 2. The molecule has 0 saturated carbocycles. The minimum absolute atomic E-state index is 0.928. The van der Waals surface area contributed by atoms with Crippen molar-refractivity contribution in [3.05, 3.63) is 30.6 Å². The van der Waals surface area contributed by atoms with Crippen LogP contribution >= 0.6 is 0 Å². The number of H-pyrrole nitrogens is 1. The predicted octanol–water partition coefficient (Wildman–Crippen LogP) is 1.54. The summed E-state index contributed by atoms with van der Waals surface area (Å²) in [6.45, 7) is 0. The lowest BCUT2D eigenvalue weighted by Crippen LogP contribution is -2.08. The van der Waals surface area contributed by atoms with Gasteiger partial charge >= 0.3 is 0 Å². The molecular weight excluding hydrogens is 176 g/mol. The molecule has 1 N–H and O–H groups in total. The summed E-state index contributed by atoms with van der Waals surface area (Å²) < 4.78 is 0. The fraction of sp³-hybridized carbons (Fsp3) is 0.200. The van der Waals surface area contributed by atoms with Gasteiger partial charge in [0.2, 0.25) is 0 Å². The summed E-state index contributed by atoms with van der Waals surface area (Å²) in [6, 6.07) is 5.91. The lowest BCUT2D eigenvalue weighted by Gasteiger charge is -2.05. The predicted molar refractivity (Wildman–Crippen MR) is 56.1 cm³/mol. The van der Waals surface area contributed by atoms with Gasteiger partial charge in [-0.3, -0.25) is 10.1 Å². The number of aromatic nitrogens is 3. The molecule has 0 aliphatic heterocycles. The third-order valence-electron chi connectivity index (χ3n) is 2.01. The van der Waals surface area contributed by atoms with Crippen LogP contribution in [0.15, 0.2) is 30.6 Å². The molecule has 0 bridgehead atoms. The highest BCUT2D eigenvalue weighted by Gasteiger charge is 2.03. The molecule has 2 aromatic rings. The van der Waals surface area contributed by atoms with Gasteiger partial charge in [-0.15, -0.1) is 0 Å². The van der Waals surface area contributed by atoms with Gasteiger partial charge in [-0.2, -0.15) is 5.10 Å². The van der Waals surface area contributed by atoms with Gasteiger partial charge in [0.1, 0.15) is 5.82 Å². The van der Waals surface area contributed by atoms with Gasteiger partial charge in [-0.1, -0.05) is 0 Å². The van der Waals surface area contributed by atoms with Crippen LogP contribution in [0.5, 0.6) is 0 Å². The maximum atomic E-state index is 4.17. The van der Waals surface area contributed by atoms with Gasteiger partial charge < -0.3 is 4.90 Å². The second-order valence-corrected chi connectivity index (χ2v) is 3.27. The Balaban J connectivity index is 2.34. The monoisotopic (exact) mass is 188 g/mol. The summed E-state index contributed by atoms with van der Waals surface area (Å²) in [5, 5.41) is 7.16. The first-order valence-corrected chi connectivity index (χ1v) is 4.40. The zero-order chi connectivity index (χ0) is 9.97. The number of hydrogen-bond acceptors (Lipinski definition) is 3. The van der Waals surface area contributed by atoms with Crippen LogP contribution in [0, 0.1) is 0 Å². The number of nitrogens with zero attached hydrogens (tertiary/aromatic N) is 3. The van der Waals surface area contributed by atoms with E-state index in [9.17, 15) is 0 Å². The van der Waals surface area contributed by atoms with Gasteiger partial charge in [-0.25, -0.2) is 0 Å². The lowest BCUT2D eigenvalue weighted by molar-refractivity contribution is 1.01. The van der Waals surface area contributed by atoms with Crippen molar-refractivity contribution in [1.82, 2.24) is 15.2 Å². The lowest BCUT2D eigenvalue weighted by atomic mass is 10.2. The summed E-state index contributed by atoms with van der Waals surface area (Å²) in [4.78, 5) is 5.93. The molecule has 0 aliphatic rings. The summed E-state index contributed by atoms with van der Waals surface area (Å²) in [5.41, 5.74) is 2.11. The molecule has 2 rings (SSSR count). The highest BCUT2D eigenvalue weighted by molar-refractivity contribution is 5.62. The molecule has 0 amide bonds. The smallest absolute Gasteiger partial charge is 0.150 e. The standard InChI is InChI=1S/C10H12N4/c1-14(2)10-7-9(12-13-10)8-3-5-11-6-4-8/h3-7H,1-2H3,(H,12,13). The van der Waals surface area contributed by atoms with Crippen LogP contribution in [0.2, 0.25) is 0 Å². The Morgan fingerprint density at radius 3 is 2.50 bits per heavy atom. The molecule has 0 unspecified atom stereocenters. The highest BCUT2D eigenvalue weighted by Crippen LogP contribution is 2.19. The van der Waals surface area contributed by atoms with E-state index in [1.165, 1.54) is 0 Å². The second kappa shape index (κ2) is 3.49. The van der Waals surface area contributed by atoms with E-state index < -0.39 is 0 Å². The quantitative estimate of drug-likeness (QED) is 0.777. The zero-order valence-corrected chi connectivity index (χ0v) is 8.23. The Morgan fingerprint density at radius 1 is 1.21 bits per heavy atom. The molecule has 2 heterocycles. The average molecular weight is 188 g/mol. The van der Waals surface area contributed by atoms with E-state index in [0.717, 1.165) is 17.1 Å². The Kier molecular flexibility index (Phi) is 2.18. The topological polar surface area (TPSA) is 44.8 Å². The van der Waals surface area contributed by atoms with E-state index in [1.54, 1.807) is 12.4 Å². The van der Waals surface area contributed by atoms with E-state index >= 15 is 0 Å². The van der Waals surface area contributed by atoms with Crippen molar-refractivity contribution in [2.75, 3.05) is 19.0 Å². The summed E-state index contributed by atoms with van der Waals surface area (Å²) in [6.07, 6.45) is 3.54. The largest absolute Gasteiger partial charge is 0.361 e. The van der Waals surface area contributed by atoms with E-state index in [2.05, 4.69) is 15.2 Å². The van der Waals surface area contributed by atoms with Crippen LogP contribution in [0.3, 0.4) is 0 Å². The van der Waals surface area contributed by atoms with Crippen molar-refractivity contribution >= 4 is 5.82 Å². The van der Waals surface area contributed by atoms with Crippen molar-refractivity contribution in [1.29, 1.82) is 0 Å². The second-order valence-electron chi connectivity index (χ2n) is 3.27. The summed E-state index contributed by atoms with van der Waals surface area (Å²) >= 11 is 0. The molecule has 2 aromatic heterocycles. The van der Waals surface area contributed by atoms with Crippen LogP contribution in [0.1, 0.15) is 0 Å². The van der Waals surface area contributed by atoms with Crippen LogP contribution < -0.4 is 4.90 Å². The minimum atomic E-state index is 0.928. The molecule has 14 heavy (non-hydrogen) atoms. The Morgan fingerprint density at radius 2 is 1.93 bits per heavy atom. The summed E-state index contributed by atoms with van der Waals surface area (Å²) in [7, 11) is 3.93. The number of pyridine rings is 1. The normalized spacial score (nSPS) is 10.1. The maximum Gasteiger partial charge on any atom is 0.150 e. The van der Waals surface area contributed by atoms with Crippen LogP contribution in [0.25, 0.3) is 11.3 Å². The van der Waals surface area contributed by atoms with Gasteiger partial charge in [-0.05, 0) is 12.1 Å². The molecule has 0 saturated heterocycles. The maximum absolute atomic E-state index is 4.17. The average Bonchev–Trinajstić information content (AvgIpc) is 2.68. The molecule has 0 fully saturated rings. The van der Waals surface area contributed by atoms with Crippen molar-refractivity contribution in [2.45, 2.75) is 0 Å². The van der Waals surface area contributed by atoms with Gasteiger partial charge in [0.15, 0.2) is 0 Å². The molecule has 0 radical (unpaired) electrons. The first kappa shape index (κ1) is 8.74. The first-order valence-electron chi connectivity index (χ1n) is 4.40. The van der Waals surface area contributed by atoms with E-state index in [1.807, 2.05) is 37.2 Å². The highest BCUT2D eigenvalue weighted by atomic mass is 15.2. The molecule has 0 spiro atoms. The Labute approximate surface area is 82.6 Å². The van der Waals surface area contributed by atoms with Gasteiger partial charge in [0, 0.05) is 38.1 Å². The van der Waals surface area contributed by atoms with Crippen molar-refractivity contribution < 1.29 is 0 Å². The third kappa shape index (κ3) is 1.59. The number of anilines is 1. The molecule has 0 aromatic carbocycles. The SMILES string of the molecule is CN(C)c1cc(-c2ccncc2)[nH]n1. The summed E-state index contributed by atoms with van der Waals surface area (Å²) in [5.74, 6) is 0.928. The Bertz CT molecular complexity index is 405. The molecular formula is C10H12N4. The van der Waals surface area contributed by atoms with E-state index in [0.29, 0.717) is 0 Å². The molecule has 4 nitrogen and oxygen atoms in total. The van der Waals surface area contributed by atoms with Crippen LogP contribution in [-0.2, 0) is 0 Å². The third-order valence-corrected chi connectivity index (χ3v) is 2.01. The molecule has 4 heteroatoms. The first-order chi connectivity index (χ1) is 6.77. The van der Waals surface area contributed by atoms with Crippen molar-refractivity contribution in [2.24, 2.45) is 0 Å². The number of aromatic amines is 1. The minimum Gasteiger partial charge on any atom is -0.361 e. The Hall–Kier alpha value is -1.84. The zero-order valence-electron chi connectivity index (χ0n) is 8.23.